The van der Waals surface area contributed by atoms with Crippen LogP contribution in [0.2, 0.25) is 0 Å². The highest BCUT2D eigenvalue weighted by Crippen LogP contribution is 2.17. The van der Waals surface area contributed by atoms with Crippen molar-refractivity contribution < 1.29 is 9.63 Å². The topological polar surface area (TPSA) is 69.9 Å². The molecule has 0 aliphatic rings. The second-order valence-corrected chi connectivity index (χ2v) is 3.48. The van der Waals surface area contributed by atoms with Gasteiger partial charge >= 0.3 is 5.97 Å². The Kier molecular flexibility index (Phi) is 2.72. The minimum absolute atomic E-state index is 0.281. The Morgan fingerprint density at radius 3 is 3.20 bits per heavy atom. The monoisotopic (exact) mass is 224 g/mol. The highest BCUT2D eigenvalue weighted by molar-refractivity contribution is 7.08. The molecule has 15 heavy (non-hydrogen) atoms. The summed E-state index contributed by atoms with van der Waals surface area (Å²) in [7, 11) is 0. The van der Waals surface area contributed by atoms with Gasteiger partial charge in [-0.25, -0.2) is 4.79 Å². The van der Waals surface area contributed by atoms with Crippen LogP contribution < -0.4 is 4.84 Å². The SMILES string of the molecule is CCC(=O)On1nnnc1-c1ccsc1. The average molecular weight is 224 g/mol. The van der Waals surface area contributed by atoms with Gasteiger partial charge in [0.25, 0.3) is 0 Å². The molecule has 0 bridgehead atoms. The summed E-state index contributed by atoms with van der Waals surface area (Å²) in [4.78, 5) is 17.0. The lowest BCUT2D eigenvalue weighted by Crippen LogP contribution is -2.20. The fourth-order valence-electron chi connectivity index (χ4n) is 0.962. The third-order valence-electron chi connectivity index (χ3n) is 1.70. The van der Waals surface area contributed by atoms with Crippen molar-refractivity contribution in [2.24, 2.45) is 0 Å². The summed E-state index contributed by atoms with van der Waals surface area (Å²) in [6.07, 6.45) is 0.281. The van der Waals surface area contributed by atoms with Crippen molar-refractivity contribution in [1.82, 2.24) is 20.4 Å². The largest absolute Gasteiger partial charge is 0.334 e. The van der Waals surface area contributed by atoms with Gasteiger partial charge in [-0.1, -0.05) is 6.92 Å². The van der Waals surface area contributed by atoms with Crippen molar-refractivity contribution in [3.8, 4) is 11.4 Å². The minimum Gasteiger partial charge on any atom is -0.316 e. The van der Waals surface area contributed by atoms with Crippen LogP contribution >= 0.6 is 11.3 Å². The van der Waals surface area contributed by atoms with E-state index in [2.05, 4.69) is 15.5 Å². The van der Waals surface area contributed by atoms with E-state index >= 15 is 0 Å². The zero-order valence-electron chi connectivity index (χ0n) is 7.95. The van der Waals surface area contributed by atoms with Gasteiger partial charge in [-0.05, 0) is 26.7 Å². The lowest BCUT2D eigenvalue weighted by Gasteiger charge is -2.01. The Morgan fingerprint density at radius 2 is 2.53 bits per heavy atom. The van der Waals surface area contributed by atoms with Gasteiger partial charge in [-0.15, -0.1) is 5.10 Å². The number of hydrogen-bond acceptors (Lipinski definition) is 6. The Labute approximate surface area is 89.4 Å². The highest BCUT2D eigenvalue weighted by Gasteiger charge is 2.12. The van der Waals surface area contributed by atoms with Crippen LogP contribution in [0.4, 0.5) is 0 Å². The molecule has 0 fully saturated rings. The van der Waals surface area contributed by atoms with Crippen molar-refractivity contribution >= 4 is 17.3 Å². The van der Waals surface area contributed by atoms with Crippen LogP contribution in [0.15, 0.2) is 16.8 Å². The second-order valence-electron chi connectivity index (χ2n) is 2.70. The maximum atomic E-state index is 11.1. The summed E-state index contributed by atoms with van der Waals surface area (Å²) in [5.41, 5.74) is 0.828. The van der Waals surface area contributed by atoms with Gasteiger partial charge in [-0.2, -0.15) is 11.3 Å². The number of hydrogen-bond donors (Lipinski definition) is 0. The fraction of sp³-hybridized carbons (Fsp3) is 0.250. The summed E-state index contributed by atoms with van der Waals surface area (Å²) in [6, 6.07) is 1.85. The normalized spacial score (nSPS) is 10.2. The highest BCUT2D eigenvalue weighted by atomic mass is 32.1. The van der Waals surface area contributed by atoms with E-state index in [4.69, 9.17) is 4.84 Å². The molecule has 0 atom stereocenters. The average Bonchev–Trinajstić information content (AvgIpc) is 2.86. The molecule has 0 spiro atoms. The molecule has 2 heterocycles. The molecule has 0 saturated heterocycles. The van der Waals surface area contributed by atoms with Crippen LogP contribution in [0.5, 0.6) is 0 Å². The maximum absolute atomic E-state index is 11.1. The Hall–Kier alpha value is -1.76. The lowest BCUT2D eigenvalue weighted by molar-refractivity contribution is -0.145. The number of carbonyl (C=O) groups excluding carboxylic acids is 1. The van der Waals surface area contributed by atoms with Crippen molar-refractivity contribution in [1.29, 1.82) is 0 Å². The number of thiophene rings is 1. The van der Waals surface area contributed by atoms with E-state index in [0.717, 1.165) is 10.4 Å². The molecule has 2 aromatic heterocycles. The van der Waals surface area contributed by atoms with E-state index in [1.807, 2.05) is 16.8 Å². The predicted molar refractivity (Wildman–Crippen MR) is 53.0 cm³/mol. The minimum atomic E-state index is -0.376. The first kappa shape index (κ1) is 9.78. The van der Waals surface area contributed by atoms with Crippen LogP contribution in [-0.2, 0) is 4.79 Å². The van der Waals surface area contributed by atoms with E-state index < -0.39 is 0 Å². The molecular weight excluding hydrogens is 216 g/mol. The Morgan fingerprint density at radius 1 is 1.67 bits per heavy atom. The van der Waals surface area contributed by atoms with E-state index in [0.29, 0.717) is 5.82 Å². The van der Waals surface area contributed by atoms with Gasteiger partial charge < -0.3 is 4.84 Å². The summed E-state index contributed by atoms with van der Waals surface area (Å²) < 4.78 is 0. The molecule has 0 radical (unpaired) electrons. The predicted octanol–water partition coefficient (Wildman–Crippen LogP) is 0.767. The van der Waals surface area contributed by atoms with Gasteiger partial charge in [0.15, 0.2) is 0 Å². The lowest BCUT2D eigenvalue weighted by atomic mass is 10.3. The molecule has 0 amide bonds. The summed E-state index contributed by atoms with van der Waals surface area (Å²) in [6.45, 7) is 1.71. The number of tetrazole rings is 1. The molecular formula is C8H8N4O2S. The Bertz CT molecular complexity index is 451. The van der Waals surface area contributed by atoms with Crippen LogP contribution in [0.1, 0.15) is 13.3 Å². The number of carbonyl (C=O) groups is 1. The fourth-order valence-corrected chi connectivity index (χ4v) is 1.60. The number of nitrogens with zero attached hydrogens (tertiary/aromatic N) is 4. The van der Waals surface area contributed by atoms with Crippen molar-refractivity contribution in [2.75, 3.05) is 0 Å². The first-order valence-electron chi connectivity index (χ1n) is 4.33. The van der Waals surface area contributed by atoms with Crippen LogP contribution in [0.3, 0.4) is 0 Å². The van der Waals surface area contributed by atoms with Crippen LogP contribution in [0.25, 0.3) is 11.4 Å². The number of rotatable bonds is 3. The molecule has 2 aromatic rings. The van der Waals surface area contributed by atoms with Gasteiger partial charge in [0.05, 0.1) is 0 Å². The Balaban J connectivity index is 2.27. The summed E-state index contributed by atoms with van der Waals surface area (Å²) in [5.74, 6) is 0.0526. The third kappa shape index (κ3) is 2.01. The molecule has 2 rings (SSSR count). The number of aromatic nitrogens is 4. The van der Waals surface area contributed by atoms with E-state index in [1.54, 1.807) is 6.92 Å². The second kappa shape index (κ2) is 4.18. The quantitative estimate of drug-likeness (QED) is 0.720. The van der Waals surface area contributed by atoms with E-state index in [1.165, 1.54) is 11.3 Å². The smallest absolute Gasteiger partial charge is 0.316 e. The molecule has 7 heteroatoms. The summed E-state index contributed by atoms with van der Waals surface area (Å²) in [5, 5.41) is 14.6. The van der Waals surface area contributed by atoms with Crippen molar-refractivity contribution in [3.63, 3.8) is 0 Å². The third-order valence-corrected chi connectivity index (χ3v) is 2.38. The van der Waals surface area contributed by atoms with Crippen molar-refractivity contribution in [2.45, 2.75) is 13.3 Å². The van der Waals surface area contributed by atoms with Gasteiger partial charge in [0, 0.05) is 17.4 Å². The molecule has 0 saturated carbocycles. The van der Waals surface area contributed by atoms with Crippen molar-refractivity contribution in [3.05, 3.63) is 16.8 Å². The first-order chi connectivity index (χ1) is 7.31. The zero-order valence-corrected chi connectivity index (χ0v) is 8.77. The van der Waals surface area contributed by atoms with Gasteiger partial charge in [0.2, 0.25) is 5.82 Å². The zero-order chi connectivity index (χ0) is 10.7. The van der Waals surface area contributed by atoms with Gasteiger partial charge in [0.1, 0.15) is 0 Å². The first-order valence-corrected chi connectivity index (χ1v) is 5.27. The van der Waals surface area contributed by atoms with Crippen LogP contribution in [0, 0.1) is 0 Å². The summed E-state index contributed by atoms with van der Waals surface area (Å²) >= 11 is 1.52. The van der Waals surface area contributed by atoms with E-state index in [9.17, 15) is 4.79 Å². The molecule has 0 unspecified atom stereocenters. The maximum Gasteiger partial charge on any atom is 0.334 e. The molecule has 78 valence electrons. The van der Waals surface area contributed by atoms with Gasteiger partial charge in [-0.3, -0.25) is 0 Å². The molecule has 0 aromatic carbocycles. The van der Waals surface area contributed by atoms with E-state index in [-0.39, 0.29) is 12.4 Å². The molecule has 6 nitrogen and oxygen atoms in total. The standard InChI is InChI=1S/C8H8N4O2S/c1-2-7(13)14-12-8(9-10-11-12)6-3-4-15-5-6/h3-5H,2H2,1H3. The molecule has 0 aliphatic carbocycles. The van der Waals surface area contributed by atoms with Crippen LogP contribution in [-0.4, -0.2) is 26.3 Å². The molecule has 0 N–H and O–H groups in total. The molecule has 0 aliphatic heterocycles.